The Kier molecular flexibility index (Phi) is 4.58. The van der Waals surface area contributed by atoms with Gasteiger partial charge in [-0.1, -0.05) is 19.1 Å². The van der Waals surface area contributed by atoms with Crippen LogP contribution in [0.5, 0.6) is 0 Å². The van der Waals surface area contributed by atoms with E-state index in [1.165, 1.54) is 0 Å². The van der Waals surface area contributed by atoms with Crippen molar-refractivity contribution in [1.82, 2.24) is 14.8 Å². The number of amides is 1. The Labute approximate surface area is 145 Å². The number of halogens is 3. The van der Waals surface area contributed by atoms with Crippen LogP contribution in [0.15, 0.2) is 41.9 Å². The lowest BCUT2D eigenvalue weighted by Crippen LogP contribution is -2.13. The van der Waals surface area contributed by atoms with Crippen molar-refractivity contribution in [2.75, 3.05) is 5.32 Å². The molecule has 0 bridgehead atoms. The molecule has 0 radical (unpaired) electrons. The zero-order valence-corrected chi connectivity index (χ0v) is 13.9. The van der Waals surface area contributed by atoms with Gasteiger partial charge in [-0.15, -0.1) is 11.3 Å². The summed E-state index contributed by atoms with van der Waals surface area (Å²) in [7, 11) is 0. The molecule has 1 N–H and O–H groups in total. The van der Waals surface area contributed by atoms with Crippen LogP contribution in [0.3, 0.4) is 0 Å². The molecular weight excluding hydrogens is 353 g/mol. The Morgan fingerprint density at radius 3 is 2.60 bits per heavy atom. The second kappa shape index (κ2) is 6.67. The number of carbonyl (C=O) groups is 1. The Hall–Kier alpha value is -2.68. The molecule has 25 heavy (non-hydrogen) atoms. The average molecular weight is 366 g/mol. The summed E-state index contributed by atoms with van der Waals surface area (Å²) in [5.74, 6) is -0.0953. The molecule has 130 valence electrons. The van der Waals surface area contributed by atoms with Gasteiger partial charge in [0, 0.05) is 23.1 Å². The molecule has 0 spiro atoms. The second-order valence-electron chi connectivity index (χ2n) is 5.12. The first-order valence-corrected chi connectivity index (χ1v) is 8.24. The van der Waals surface area contributed by atoms with Crippen molar-refractivity contribution in [1.29, 1.82) is 0 Å². The minimum Gasteiger partial charge on any atom is -0.326 e. The number of benzene rings is 1. The smallest absolute Gasteiger partial charge is 0.326 e. The Morgan fingerprint density at radius 1 is 1.24 bits per heavy atom. The number of anilines is 1. The molecule has 0 saturated carbocycles. The van der Waals surface area contributed by atoms with E-state index in [2.05, 4.69) is 15.4 Å². The number of aromatic nitrogens is 3. The van der Waals surface area contributed by atoms with E-state index >= 15 is 0 Å². The maximum absolute atomic E-state index is 13.0. The van der Waals surface area contributed by atoms with E-state index in [1.807, 2.05) is 0 Å². The Balaban J connectivity index is 1.85. The van der Waals surface area contributed by atoms with E-state index in [9.17, 15) is 18.0 Å². The van der Waals surface area contributed by atoms with Crippen molar-refractivity contribution in [3.8, 4) is 16.4 Å². The van der Waals surface area contributed by atoms with Gasteiger partial charge in [0.1, 0.15) is 0 Å². The van der Waals surface area contributed by atoms with Crippen LogP contribution in [0.2, 0.25) is 0 Å². The van der Waals surface area contributed by atoms with Crippen LogP contribution in [-0.4, -0.2) is 20.7 Å². The fraction of sp³-hybridized carbons (Fsp3) is 0.188. The summed E-state index contributed by atoms with van der Waals surface area (Å²) >= 11 is 1.07. The lowest BCUT2D eigenvalue weighted by atomic mass is 10.1. The molecule has 3 aromatic rings. The molecule has 1 amide bonds. The number of rotatable bonds is 4. The molecule has 0 atom stereocenters. The summed E-state index contributed by atoms with van der Waals surface area (Å²) < 4.78 is 39.7. The molecule has 0 unspecified atom stereocenters. The molecule has 2 heterocycles. The van der Waals surface area contributed by atoms with Crippen LogP contribution >= 0.6 is 11.3 Å². The first-order chi connectivity index (χ1) is 11.9. The van der Waals surface area contributed by atoms with Gasteiger partial charge in [-0.3, -0.25) is 4.79 Å². The maximum atomic E-state index is 13.0. The van der Waals surface area contributed by atoms with Gasteiger partial charge in [0.15, 0.2) is 5.69 Å². The summed E-state index contributed by atoms with van der Waals surface area (Å²) in [4.78, 5) is 15.6. The molecule has 0 fully saturated rings. The van der Waals surface area contributed by atoms with E-state index in [-0.39, 0.29) is 11.0 Å². The molecule has 9 heteroatoms. The highest BCUT2D eigenvalue weighted by molar-refractivity contribution is 7.12. The standard InChI is InChI=1S/C16H13F3N4OS/c1-2-14(24)21-11-5-3-10(4-6-11)12-9-25-15(22-12)23-13(7-8-20-23)16(17,18)19/h3-9H,2H2,1H3,(H,21,24). The molecule has 0 saturated heterocycles. The molecule has 1 aromatic carbocycles. The molecule has 0 aliphatic rings. The topological polar surface area (TPSA) is 59.8 Å². The van der Waals surface area contributed by atoms with Crippen LogP contribution in [0, 0.1) is 0 Å². The minimum atomic E-state index is -4.50. The molecular formula is C16H13F3N4OS. The zero-order chi connectivity index (χ0) is 18.0. The molecule has 2 aromatic heterocycles. The number of nitrogens with zero attached hydrogens (tertiary/aromatic N) is 3. The van der Waals surface area contributed by atoms with E-state index < -0.39 is 11.9 Å². The van der Waals surface area contributed by atoms with Gasteiger partial charge in [0.25, 0.3) is 0 Å². The fourth-order valence-electron chi connectivity index (χ4n) is 2.14. The summed E-state index contributed by atoms with van der Waals surface area (Å²) in [5, 5.41) is 8.24. The van der Waals surface area contributed by atoms with Gasteiger partial charge < -0.3 is 5.32 Å². The third-order valence-corrected chi connectivity index (χ3v) is 4.21. The van der Waals surface area contributed by atoms with Crippen molar-refractivity contribution in [3.05, 3.63) is 47.6 Å². The average Bonchev–Trinajstić information content (AvgIpc) is 3.23. The van der Waals surface area contributed by atoms with Crippen LogP contribution in [0.4, 0.5) is 18.9 Å². The quantitative estimate of drug-likeness (QED) is 0.746. The summed E-state index contributed by atoms with van der Waals surface area (Å²) in [6.45, 7) is 1.75. The van der Waals surface area contributed by atoms with Gasteiger partial charge in [-0.2, -0.15) is 18.3 Å². The van der Waals surface area contributed by atoms with Crippen molar-refractivity contribution >= 4 is 22.9 Å². The van der Waals surface area contributed by atoms with Gasteiger partial charge in [-0.05, 0) is 18.2 Å². The molecule has 3 rings (SSSR count). The van der Waals surface area contributed by atoms with Crippen LogP contribution in [0.1, 0.15) is 19.0 Å². The normalized spacial score (nSPS) is 11.5. The molecule has 5 nitrogen and oxygen atoms in total. The van der Waals surface area contributed by atoms with Crippen LogP contribution < -0.4 is 5.32 Å². The summed E-state index contributed by atoms with van der Waals surface area (Å²) in [6.07, 6.45) is -3.03. The van der Waals surface area contributed by atoms with Crippen molar-refractivity contribution < 1.29 is 18.0 Å². The lowest BCUT2D eigenvalue weighted by molar-refractivity contribution is -0.142. The highest BCUT2D eigenvalue weighted by atomic mass is 32.1. The van der Waals surface area contributed by atoms with Gasteiger partial charge in [-0.25, -0.2) is 9.67 Å². The molecule has 0 aliphatic heterocycles. The third kappa shape index (κ3) is 3.71. The SMILES string of the molecule is CCC(=O)Nc1ccc(-c2csc(-n3nccc3C(F)(F)F)n2)cc1. The highest BCUT2D eigenvalue weighted by Gasteiger charge is 2.35. The van der Waals surface area contributed by atoms with E-state index in [4.69, 9.17) is 0 Å². The van der Waals surface area contributed by atoms with Gasteiger partial charge >= 0.3 is 6.18 Å². The lowest BCUT2D eigenvalue weighted by Gasteiger charge is -2.07. The number of hydrogen-bond donors (Lipinski definition) is 1. The van der Waals surface area contributed by atoms with Crippen LogP contribution in [-0.2, 0) is 11.0 Å². The van der Waals surface area contributed by atoms with Crippen molar-refractivity contribution in [2.45, 2.75) is 19.5 Å². The number of nitrogens with one attached hydrogen (secondary N) is 1. The first-order valence-electron chi connectivity index (χ1n) is 7.36. The fourth-order valence-corrected chi connectivity index (χ4v) is 2.94. The Morgan fingerprint density at radius 2 is 1.96 bits per heavy atom. The van der Waals surface area contributed by atoms with Crippen molar-refractivity contribution in [2.24, 2.45) is 0 Å². The first kappa shape index (κ1) is 17.2. The monoisotopic (exact) mass is 366 g/mol. The number of thiazole rings is 1. The third-order valence-electron chi connectivity index (χ3n) is 3.39. The summed E-state index contributed by atoms with van der Waals surface area (Å²) in [5.41, 5.74) is 1.05. The number of alkyl halides is 3. The number of hydrogen-bond acceptors (Lipinski definition) is 4. The minimum absolute atomic E-state index is 0.0953. The zero-order valence-electron chi connectivity index (χ0n) is 13.0. The predicted octanol–water partition coefficient (Wildman–Crippen LogP) is 4.36. The second-order valence-corrected chi connectivity index (χ2v) is 5.96. The molecule has 0 aliphatic carbocycles. The predicted molar refractivity (Wildman–Crippen MR) is 88.6 cm³/mol. The highest BCUT2D eigenvalue weighted by Crippen LogP contribution is 2.32. The van der Waals surface area contributed by atoms with Crippen LogP contribution in [0.25, 0.3) is 16.4 Å². The van der Waals surface area contributed by atoms with E-state index in [0.29, 0.717) is 17.8 Å². The van der Waals surface area contributed by atoms with E-state index in [0.717, 1.165) is 33.8 Å². The maximum Gasteiger partial charge on any atom is 0.433 e. The van der Waals surface area contributed by atoms with Gasteiger partial charge in [0.2, 0.25) is 11.0 Å². The van der Waals surface area contributed by atoms with Gasteiger partial charge in [0.05, 0.1) is 11.9 Å². The summed E-state index contributed by atoms with van der Waals surface area (Å²) in [6, 6.07) is 7.84. The van der Waals surface area contributed by atoms with Crippen molar-refractivity contribution in [3.63, 3.8) is 0 Å². The number of carbonyl (C=O) groups excluding carboxylic acids is 1. The van der Waals surface area contributed by atoms with E-state index in [1.54, 1.807) is 36.6 Å². The largest absolute Gasteiger partial charge is 0.433 e. The Bertz CT molecular complexity index is 883.